The van der Waals surface area contributed by atoms with Crippen LogP contribution in [0, 0.1) is 10.1 Å². The van der Waals surface area contributed by atoms with E-state index < -0.39 is 4.92 Å². The SMILES string of the molecule is CC(C(=O)Nc1ccc(O)cc1[N+](=O)[O-])=C1CNC1. The average molecular weight is 263 g/mol. The normalized spacial score (nSPS) is 13.6. The number of aromatic hydroxyl groups is 1. The molecule has 0 radical (unpaired) electrons. The van der Waals surface area contributed by atoms with Crippen LogP contribution < -0.4 is 10.6 Å². The van der Waals surface area contributed by atoms with Crippen molar-refractivity contribution in [2.75, 3.05) is 18.4 Å². The molecule has 0 bridgehead atoms. The van der Waals surface area contributed by atoms with E-state index >= 15 is 0 Å². The van der Waals surface area contributed by atoms with E-state index in [1.54, 1.807) is 6.92 Å². The number of phenolic OH excluding ortho intramolecular Hbond substituents is 1. The summed E-state index contributed by atoms with van der Waals surface area (Å²) in [7, 11) is 0. The molecule has 0 unspecified atom stereocenters. The second-order valence-corrected chi connectivity index (χ2v) is 4.24. The van der Waals surface area contributed by atoms with E-state index in [0.29, 0.717) is 18.7 Å². The maximum absolute atomic E-state index is 11.9. The van der Waals surface area contributed by atoms with E-state index in [0.717, 1.165) is 11.6 Å². The molecule has 1 aliphatic rings. The average Bonchev–Trinajstić information content (AvgIpc) is 2.28. The quantitative estimate of drug-likeness (QED) is 0.328. The van der Waals surface area contributed by atoms with Gasteiger partial charge >= 0.3 is 0 Å². The molecular weight excluding hydrogens is 250 g/mol. The molecule has 0 aliphatic carbocycles. The van der Waals surface area contributed by atoms with Crippen molar-refractivity contribution in [1.82, 2.24) is 5.32 Å². The number of phenols is 1. The molecule has 3 N–H and O–H groups in total. The Hall–Kier alpha value is -2.41. The van der Waals surface area contributed by atoms with Gasteiger partial charge in [0.15, 0.2) is 0 Å². The monoisotopic (exact) mass is 263 g/mol. The Balaban J connectivity index is 2.24. The minimum Gasteiger partial charge on any atom is -0.508 e. The van der Waals surface area contributed by atoms with Crippen LogP contribution >= 0.6 is 0 Å². The number of benzene rings is 1. The molecule has 0 spiro atoms. The highest BCUT2D eigenvalue weighted by Crippen LogP contribution is 2.28. The molecule has 7 heteroatoms. The lowest BCUT2D eigenvalue weighted by molar-refractivity contribution is -0.384. The van der Waals surface area contributed by atoms with Gasteiger partial charge in [0.25, 0.3) is 11.6 Å². The molecule has 19 heavy (non-hydrogen) atoms. The lowest BCUT2D eigenvalue weighted by atomic mass is 10.0. The largest absolute Gasteiger partial charge is 0.508 e. The highest BCUT2D eigenvalue weighted by atomic mass is 16.6. The Kier molecular flexibility index (Phi) is 3.48. The summed E-state index contributed by atoms with van der Waals surface area (Å²) in [5.74, 6) is -0.590. The summed E-state index contributed by atoms with van der Waals surface area (Å²) in [5, 5.41) is 25.6. The van der Waals surface area contributed by atoms with Crippen molar-refractivity contribution in [2.45, 2.75) is 6.92 Å². The van der Waals surface area contributed by atoms with Gasteiger partial charge in [0.05, 0.1) is 11.0 Å². The highest BCUT2D eigenvalue weighted by molar-refractivity contribution is 6.05. The van der Waals surface area contributed by atoms with E-state index in [2.05, 4.69) is 10.6 Å². The van der Waals surface area contributed by atoms with E-state index in [4.69, 9.17) is 0 Å². The molecule has 1 amide bonds. The Labute approximate surface area is 109 Å². The minimum atomic E-state index is -0.650. The number of rotatable bonds is 3. The molecule has 2 rings (SSSR count). The zero-order valence-corrected chi connectivity index (χ0v) is 10.3. The second-order valence-electron chi connectivity index (χ2n) is 4.24. The number of carbonyl (C=O) groups excluding carboxylic acids is 1. The number of nitro benzene ring substituents is 1. The number of nitrogens with zero attached hydrogens (tertiary/aromatic N) is 1. The van der Waals surface area contributed by atoms with Crippen LogP contribution in [0.15, 0.2) is 29.3 Å². The molecule has 1 heterocycles. The summed E-state index contributed by atoms with van der Waals surface area (Å²) in [6, 6.07) is 3.60. The van der Waals surface area contributed by atoms with Crippen molar-refractivity contribution < 1.29 is 14.8 Å². The molecule has 0 saturated carbocycles. The standard InChI is InChI=1S/C12H13N3O4/c1-7(8-5-13-6-8)12(17)14-10-3-2-9(16)4-11(10)15(18)19/h2-4,13,16H,5-6H2,1H3,(H,14,17). The van der Waals surface area contributed by atoms with E-state index in [1.807, 2.05) is 0 Å². The van der Waals surface area contributed by atoms with Gasteiger partial charge < -0.3 is 15.7 Å². The molecule has 1 aliphatic heterocycles. The number of nitrogens with one attached hydrogen (secondary N) is 2. The summed E-state index contributed by atoms with van der Waals surface area (Å²) in [4.78, 5) is 22.1. The van der Waals surface area contributed by atoms with Gasteiger partial charge in [-0.25, -0.2) is 0 Å². The molecule has 0 atom stereocenters. The van der Waals surface area contributed by atoms with Crippen LogP contribution in [0.3, 0.4) is 0 Å². The van der Waals surface area contributed by atoms with Crippen LogP contribution in [-0.2, 0) is 4.79 Å². The lowest BCUT2D eigenvalue weighted by Crippen LogP contribution is -2.36. The summed E-state index contributed by atoms with van der Waals surface area (Å²) >= 11 is 0. The molecule has 7 nitrogen and oxygen atoms in total. The fourth-order valence-corrected chi connectivity index (χ4v) is 1.67. The zero-order chi connectivity index (χ0) is 14.0. The fraction of sp³-hybridized carbons (Fsp3) is 0.250. The van der Waals surface area contributed by atoms with Crippen molar-refractivity contribution in [3.8, 4) is 5.75 Å². The topological polar surface area (TPSA) is 104 Å². The third-order valence-electron chi connectivity index (χ3n) is 2.97. The predicted molar refractivity (Wildman–Crippen MR) is 69.0 cm³/mol. The number of anilines is 1. The van der Waals surface area contributed by atoms with Crippen molar-refractivity contribution in [1.29, 1.82) is 0 Å². The summed E-state index contributed by atoms with van der Waals surface area (Å²) in [6.07, 6.45) is 0. The first-order valence-electron chi connectivity index (χ1n) is 5.67. The Bertz CT molecular complexity index is 574. The Morgan fingerprint density at radius 3 is 2.68 bits per heavy atom. The van der Waals surface area contributed by atoms with Crippen LogP contribution in [0.5, 0.6) is 5.75 Å². The molecule has 1 aromatic rings. The summed E-state index contributed by atoms with van der Waals surface area (Å²) in [5.41, 5.74) is 1.28. The fourth-order valence-electron chi connectivity index (χ4n) is 1.67. The van der Waals surface area contributed by atoms with Crippen molar-refractivity contribution in [3.63, 3.8) is 0 Å². The third-order valence-corrected chi connectivity index (χ3v) is 2.97. The van der Waals surface area contributed by atoms with Gasteiger partial charge in [-0.1, -0.05) is 0 Å². The van der Waals surface area contributed by atoms with Crippen molar-refractivity contribution in [2.24, 2.45) is 0 Å². The first-order chi connectivity index (χ1) is 8.99. The van der Waals surface area contributed by atoms with Crippen LogP contribution in [0.4, 0.5) is 11.4 Å². The van der Waals surface area contributed by atoms with Crippen molar-refractivity contribution >= 4 is 17.3 Å². The summed E-state index contributed by atoms with van der Waals surface area (Å²) < 4.78 is 0. The number of hydrogen-bond donors (Lipinski definition) is 3. The van der Waals surface area contributed by atoms with E-state index in [9.17, 15) is 20.0 Å². The first-order valence-corrected chi connectivity index (χ1v) is 5.67. The predicted octanol–water partition coefficient (Wildman–Crippen LogP) is 1.16. The van der Waals surface area contributed by atoms with Gasteiger partial charge in [-0.05, 0) is 24.6 Å². The van der Waals surface area contributed by atoms with Crippen LogP contribution in [0.25, 0.3) is 0 Å². The lowest BCUT2D eigenvalue weighted by Gasteiger charge is -2.21. The first kappa shape index (κ1) is 13.0. The van der Waals surface area contributed by atoms with Gasteiger partial charge in [0.1, 0.15) is 11.4 Å². The number of hydrogen-bond acceptors (Lipinski definition) is 5. The van der Waals surface area contributed by atoms with E-state index in [1.165, 1.54) is 12.1 Å². The Morgan fingerprint density at radius 1 is 1.47 bits per heavy atom. The molecule has 100 valence electrons. The third kappa shape index (κ3) is 2.71. The maximum atomic E-state index is 11.9. The number of carbonyl (C=O) groups is 1. The smallest absolute Gasteiger partial charge is 0.296 e. The maximum Gasteiger partial charge on any atom is 0.296 e. The Morgan fingerprint density at radius 2 is 2.16 bits per heavy atom. The number of nitro groups is 1. The molecular formula is C12H13N3O4. The second kappa shape index (κ2) is 5.07. The summed E-state index contributed by atoms with van der Waals surface area (Å²) in [6.45, 7) is 3.01. The van der Waals surface area contributed by atoms with Gasteiger partial charge in [-0.2, -0.15) is 0 Å². The number of amides is 1. The molecule has 0 aromatic heterocycles. The van der Waals surface area contributed by atoms with Crippen LogP contribution in [0.2, 0.25) is 0 Å². The highest BCUT2D eigenvalue weighted by Gasteiger charge is 2.20. The molecule has 1 aromatic carbocycles. The molecule has 1 saturated heterocycles. The van der Waals surface area contributed by atoms with Crippen LogP contribution in [0.1, 0.15) is 6.92 Å². The van der Waals surface area contributed by atoms with Gasteiger partial charge in [0, 0.05) is 18.7 Å². The van der Waals surface area contributed by atoms with Crippen LogP contribution in [-0.4, -0.2) is 29.0 Å². The van der Waals surface area contributed by atoms with Gasteiger partial charge in [0.2, 0.25) is 0 Å². The van der Waals surface area contributed by atoms with Gasteiger partial charge in [-0.3, -0.25) is 14.9 Å². The van der Waals surface area contributed by atoms with Gasteiger partial charge in [-0.15, -0.1) is 0 Å². The van der Waals surface area contributed by atoms with E-state index in [-0.39, 0.29) is 23.0 Å². The minimum absolute atomic E-state index is 0.0695. The zero-order valence-electron chi connectivity index (χ0n) is 10.3. The molecule has 1 fully saturated rings. The van der Waals surface area contributed by atoms with Crippen molar-refractivity contribution in [3.05, 3.63) is 39.5 Å².